The third-order valence-electron chi connectivity index (χ3n) is 6.15. The molecule has 0 saturated carbocycles. The molecule has 0 radical (unpaired) electrons. The molecule has 3 aromatic rings. The third kappa shape index (κ3) is 6.15. The van der Waals surface area contributed by atoms with E-state index in [4.69, 9.17) is 4.74 Å². The van der Waals surface area contributed by atoms with Crippen LogP contribution in [-0.2, 0) is 32.0 Å². The van der Waals surface area contributed by atoms with Gasteiger partial charge in [-0.2, -0.15) is 4.73 Å². The first kappa shape index (κ1) is 24.2. The highest BCUT2D eigenvalue weighted by Gasteiger charge is 2.30. The maximum Gasteiger partial charge on any atom is 0.326 e. The number of hydrogen-bond acceptors (Lipinski definition) is 6. The van der Waals surface area contributed by atoms with Crippen LogP contribution < -0.4 is 5.32 Å². The van der Waals surface area contributed by atoms with E-state index in [-0.39, 0.29) is 25.2 Å². The lowest BCUT2D eigenvalue weighted by Crippen LogP contribution is -2.47. The number of hydrogen-bond donors (Lipinski definition) is 3. The first-order valence-electron chi connectivity index (χ1n) is 11.5. The molecule has 10 nitrogen and oxygen atoms in total. The number of carbonyl (C=O) groups is 3. The number of benzene rings is 2. The van der Waals surface area contributed by atoms with Crippen molar-refractivity contribution in [1.82, 2.24) is 19.9 Å². The number of imidazole rings is 1. The molecule has 184 valence electrons. The van der Waals surface area contributed by atoms with E-state index in [0.29, 0.717) is 32.0 Å². The molecule has 1 aliphatic rings. The summed E-state index contributed by atoms with van der Waals surface area (Å²) in [4.78, 5) is 43.9. The first-order chi connectivity index (χ1) is 16.9. The number of aromatic nitrogens is 2. The van der Waals surface area contributed by atoms with Gasteiger partial charge in [-0.15, -0.1) is 0 Å². The number of amides is 2. The molecular formula is C25H28N4O6. The fourth-order valence-electron chi connectivity index (χ4n) is 4.30. The molecule has 2 heterocycles. The lowest BCUT2D eigenvalue weighted by atomic mass is 9.91. The molecule has 35 heavy (non-hydrogen) atoms. The van der Waals surface area contributed by atoms with Crippen LogP contribution in [0, 0.1) is 5.92 Å². The minimum Gasteiger partial charge on any atom is -0.480 e. The van der Waals surface area contributed by atoms with Gasteiger partial charge in [-0.3, -0.25) is 9.59 Å². The van der Waals surface area contributed by atoms with Crippen molar-refractivity contribution in [2.24, 2.45) is 5.92 Å². The van der Waals surface area contributed by atoms with E-state index in [1.807, 2.05) is 42.5 Å². The van der Waals surface area contributed by atoms with E-state index in [1.165, 1.54) is 6.20 Å². The van der Waals surface area contributed by atoms with Gasteiger partial charge in [0.2, 0.25) is 11.8 Å². The van der Waals surface area contributed by atoms with E-state index in [2.05, 4.69) is 10.3 Å². The van der Waals surface area contributed by atoms with E-state index >= 15 is 0 Å². The number of morpholine rings is 1. The number of carboxylic acids is 1. The van der Waals surface area contributed by atoms with Gasteiger partial charge in [-0.05, 0) is 22.8 Å². The summed E-state index contributed by atoms with van der Waals surface area (Å²) in [6.45, 7) is 1.82. The van der Waals surface area contributed by atoms with Gasteiger partial charge >= 0.3 is 5.97 Å². The quantitative estimate of drug-likeness (QED) is 0.395. The first-order valence-corrected chi connectivity index (χ1v) is 11.5. The number of carbonyl (C=O) groups excluding carboxylic acids is 2. The monoisotopic (exact) mass is 480 g/mol. The van der Waals surface area contributed by atoms with Gasteiger partial charge in [0, 0.05) is 25.9 Å². The highest BCUT2D eigenvalue weighted by Crippen LogP contribution is 2.23. The Balaban J connectivity index is 1.56. The Labute approximate surface area is 202 Å². The average molecular weight is 481 g/mol. The second-order valence-corrected chi connectivity index (χ2v) is 8.59. The molecule has 0 spiro atoms. The van der Waals surface area contributed by atoms with Gasteiger partial charge in [0.05, 0.1) is 31.0 Å². The lowest BCUT2D eigenvalue weighted by Gasteiger charge is -2.29. The summed E-state index contributed by atoms with van der Waals surface area (Å²) in [6, 6.07) is 12.3. The number of carboxylic acid groups (broad SMARTS) is 1. The van der Waals surface area contributed by atoms with Crippen molar-refractivity contribution in [2.75, 3.05) is 26.3 Å². The molecule has 1 saturated heterocycles. The van der Waals surface area contributed by atoms with E-state index in [9.17, 15) is 24.7 Å². The molecule has 1 unspecified atom stereocenters. The zero-order valence-corrected chi connectivity index (χ0v) is 19.2. The maximum absolute atomic E-state index is 13.4. The van der Waals surface area contributed by atoms with Crippen LogP contribution in [0.4, 0.5) is 0 Å². The van der Waals surface area contributed by atoms with Crippen LogP contribution in [0.5, 0.6) is 0 Å². The largest absolute Gasteiger partial charge is 0.480 e. The molecule has 1 fully saturated rings. The predicted molar refractivity (Wildman–Crippen MR) is 126 cm³/mol. The minimum absolute atomic E-state index is 0.0489. The Morgan fingerprint density at radius 3 is 2.51 bits per heavy atom. The van der Waals surface area contributed by atoms with Crippen LogP contribution in [0.2, 0.25) is 0 Å². The molecule has 2 amide bonds. The van der Waals surface area contributed by atoms with Crippen LogP contribution in [0.25, 0.3) is 10.8 Å². The summed E-state index contributed by atoms with van der Waals surface area (Å²) in [6.07, 6.45) is 2.54. The number of fused-ring (bicyclic) bond motifs is 1. The molecule has 0 aliphatic carbocycles. The van der Waals surface area contributed by atoms with Crippen molar-refractivity contribution >= 4 is 28.6 Å². The summed E-state index contributed by atoms with van der Waals surface area (Å²) < 4.78 is 6.04. The molecule has 1 aliphatic heterocycles. The number of nitrogens with one attached hydrogen (secondary N) is 1. The SMILES string of the molecule is O=C(N[C@@H](Cc1cn(O)cn1)C(=O)O)C(CC(=O)N1CCOCC1)Cc1cccc2ccccc12. The van der Waals surface area contributed by atoms with Crippen molar-refractivity contribution < 1.29 is 29.4 Å². The molecule has 10 heteroatoms. The van der Waals surface area contributed by atoms with Crippen LogP contribution in [0.3, 0.4) is 0 Å². The Hall–Kier alpha value is -3.92. The molecular weight excluding hydrogens is 452 g/mol. The second kappa shape index (κ2) is 11.0. The fraction of sp³-hybridized carbons (Fsp3) is 0.360. The summed E-state index contributed by atoms with van der Waals surface area (Å²) in [5.74, 6) is -2.68. The van der Waals surface area contributed by atoms with Crippen molar-refractivity contribution in [3.8, 4) is 0 Å². The van der Waals surface area contributed by atoms with E-state index in [1.54, 1.807) is 4.90 Å². The zero-order valence-electron chi connectivity index (χ0n) is 19.2. The van der Waals surface area contributed by atoms with Gasteiger partial charge < -0.3 is 25.3 Å². The van der Waals surface area contributed by atoms with Crippen molar-refractivity contribution in [2.45, 2.75) is 25.3 Å². The molecule has 2 aromatic carbocycles. The van der Waals surface area contributed by atoms with Crippen LogP contribution in [-0.4, -0.2) is 75.1 Å². The normalized spacial score (nSPS) is 15.5. The van der Waals surface area contributed by atoms with Crippen molar-refractivity contribution in [1.29, 1.82) is 0 Å². The number of aliphatic carboxylic acids is 1. The molecule has 1 aromatic heterocycles. The number of ether oxygens (including phenoxy) is 1. The summed E-state index contributed by atoms with van der Waals surface area (Å²) in [5, 5.41) is 23.7. The second-order valence-electron chi connectivity index (χ2n) is 8.59. The zero-order chi connectivity index (χ0) is 24.8. The molecule has 2 atom stereocenters. The van der Waals surface area contributed by atoms with Gasteiger partial charge in [0.25, 0.3) is 0 Å². The molecule has 0 bridgehead atoms. The summed E-state index contributed by atoms with van der Waals surface area (Å²) in [5.41, 5.74) is 1.22. The Morgan fingerprint density at radius 1 is 1.06 bits per heavy atom. The van der Waals surface area contributed by atoms with Crippen LogP contribution in [0.15, 0.2) is 55.0 Å². The van der Waals surface area contributed by atoms with E-state index in [0.717, 1.165) is 27.4 Å². The van der Waals surface area contributed by atoms with Gasteiger partial charge in [-0.25, -0.2) is 9.78 Å². The number of nitrogens with zero attached hydrogens (tertiary/aromatic N) is 3. The van der Waals surface area contributed by atoms with Gasteiger partial charge in [-0.1, -0.05) is 42.5 Å². The molecule has 4 rings (SSSR count). The lowest BCUT2D eigenvalue weighted by molar-refractivity contribution is -0.143. The Morgan fingerprint density at radius 2 is 1.80 bits per heavy atom. The Kier molecular flexibility index (Phi) is 7.61. The van der Waals surface area contributed by atoms with Crippen LogP contribution in [0.1, 0.15) is 17.7 Å². The van der Waals surface area contributed by atoms with Crippen LogP contribution >= 0.6 is 0 Å². The van der Waals surface area contributed by atoms with E-state index < -0.39 is 23.8 Å². The topological polar surface area (TPSA) is 134 Å². The minimum atomic E-state index is -1.26. The average Bonchev–Trinajstić information content (AvgIpc) is 3.28. The summed E-state index contributed by atoms with van der Waals surface area (Å²) >= 11 is 0. The predicted octanol–water partition coefficient (Wildman–Crippen LogP) is 1.49. The van der Waals surface area contributed by atoms with Gasteiger partial charge in [0.1, 0.15) is 12.4 Å². The Bertz CT molecular complexity index is 1200. The number of rotatable bonds is 9. The third-order valence-corrected chi connectivity index (χ3v) is 6.15. The van der Waals surface area contributed by atoms with Crippen molar-refractivity contribution in [3.63, 3.8) is 0 Å². The van der Waals surface area contributed by atoms with Crippen molar-refractivity contribution in [3.05, 3.63) is 66.2 Å². The fourth-order valence-corrected chi connectivity index (χ4v) is 4.30. The summed E-state index contributed by atoms with van der Waals surface area (Å²) in [7, 11) is 0. The highest BCUT2D eigenvalue weighted by molar-refractivity contribution is 5.90. The highest BCUT2D eigenvalue weighted by atomic mass is 16.5. The smallest absolute Gasteiger partial charge is 0.326 e. The standard InChI is InChI=1S/C25H28N4O6/c30-23(28-8-10-35-11-9-28)13-19(12-18-6-3-5-17-4-1-2-7-21(17)18)24(31)27-22(25(32)33)14-20-15-29(34)16-26-20/h1-7,15-16,19,22,34H,8-14H2,(H,27,31)(H,32,33)/t19?,22-/m0/s1. The van der Waals surface area contributed by atoms with Gasteiger partial charge in [0.15, 0.2) is 0 Å². The molecule has 3 N–H and O–H groups in total. The maximum atomic E-state index is 13.4.